The Balaban J connectivity index is 1.60. The van der Waals surface area contributed by atoms with Gasteiger partial charge in [0.15, 0.2) is 0 Å². The van der Waals surface area contributed by atoms with Crippen molar-refractivity contribution in [2.24, 2.45) is 5.10 Å². The molecule has 0 radical (unpaired) electrons. The molecule has 0 spiro atoms. The van der Waals surface area contributed by atoms with Crippen LogP contribution in [0.4, 0.5) is 5.69 Å². The molecule has 152 valence electrons. The van der Waals surface area contributed by atoms with E-state index in [0.717, 1.165) is 5.56 Å². The summed E-state index contributed by atoms with van der Waals surface area (Å²) < 4.78 is 27.2. The van der Waals surface area contributed by atoms with Crippen molar-refractivity contribution >= 4 is 33.4 Å². The number of nitrogens with zero attached hydrogens (tertiary/aromatic N) is 1. The molecule has 0 aliphatic carbocycles. The summed E-state index contributed by atoms with van der Waals surface area (Å²) in [6.45, 7) is 1.78. The molecule has 3 aromatic carbocycles. The van der Waals surface area contributed by atoms with Crippen molar-refractivity contribution < 1.29 is 13.2 Å². The molecule has 0 saturated heterocycles. The Hall–Kier alpha value is -3.71. The lowest BCUT2D eigenvalue weighted by Crippen LogP contribution is -2.19. The molecule has 0 aliphatic rings. The number of allylic oxidation sites excluding steroid dienone is 1. The molecule has 0 bridgehead atoms. The Labute approximate surface area is 176 Å². The van der Waals surface area contributed by atoms with Gasteiger partial charge in [-0.15, -0.1) is 0 Å². The van der Waals surface area contributed by atoms with Crippen molar-refractivity contribution in [3.63, 3.8) is 0 Å². The van der Waals surface area contributed by atoms with Gasteiger partial charge < -0.3 is 0 Å². The molecule has 2 N–H and O–H groups in total. The molecule has 0 saturated carbocycles. The number of sulfonamides is 1. The van der Waals surface area contributed by atoms with E-state index in [2.05, 4.69) is 15.2 Å². The molecule has 0 atom stereocenters. The fourth-order valence-corrected chi connectivity index (χ4v) is 3.60. The quantitative estimate of drug-likeness (QED) is 0.442. The number of hydrazone groups is 1. The molecular weight excluding hydrogens is 398 g/mol. The summed E-state index contributed by atoms with van der Waals surface area (Å²) in [5.41, 5.74) is 4.88. The first kappa shape index (κ1) is 21.0. The van der Waals surface area contributed by atoms with Gasteiger partial charge in [0.1, 0.15) is 0 Å². The van der Waals surface area contributed by atoms with Crippen LogP contribution in [0, 0.1) is 0 Å². The van der Waals surface area contributed by atoms with Crippen molar-refractivity contribution in [1.29, 1.82) is 0 Å². The number of amides is 1. The largest absolute Gasteiger partial charge is 0.280 e. The SMILES string of the molecule is CC(/C=C/c1ccccc1)=N\NC(=O)c1ccc(NS(=O)(=O)c2ccccc2)cc1. The van der Waals surface area contributed by atoms with Gasteiger partial charge in [0.2, 0.25) is 0 Å². The monoisotopic (exact) mass is 419 g/mol. The standard InChI is InChI=1S/C23H21N3O3S/c1-18(12-13-19-8-4-2-5-9-19)24-25-23(27)20-14-16-21(17-15-20)26-30(28,29)22-10-6-3-7-11-22/h2-17,26H,1H3,(H,25,27)/b13-12+,24-18+. The van der Waals surface area contributed by atoms with E-state index in [4.69, 9.17) is 0 Å². The lowest BCUT2D eigenvalue weighted by molar-refractivity contribution is 0.0955. The molecule has 7 heteroatoms. The highest BCUT2D eigenvalue weighted by molar-refractivity contribution is 7.92. The maximum Gasteiger partial charge on any atom is 0.271 e. The molecule has 1 amide bonds. The smallest absolute Gasteiger partial charge is 0.271 e. The van der Waals surface area contributed by atoms with Crippen molar-refractivity contribution in [2.45, 2.75) is 11.8 Å². The molecule has 0 unspecified atom stereocenters. The maximum absolute atomic E-state index is 12.3. The summed E-state index contributed by atoms with van der Waals surface area (Å²) in [5, 5.41) is 4.06. The Morgan fingerprint density at radius 1 is 0.867 bits per heavy atom. The lowest BCUT2D eigenvalue weighted by Gasteiger charge is -2.08. The average Bonchev–Trinajstić information content (AvgIpc) is 2.77. The van der Waals surface area contributed by atoms with Gasteiger partial charge in [-0.3, -0.25) is 9.52 Å². The zero-order valence-electron chi connectivity index (χ0n) is 16.3. The van der Waals surface area contributed by atoms with E-state index < -0.39 is 10.0 Å². The first-order chi connectivity index (χ1) is 14.4. The Bertz CT molecular complexity index is 1160. The van der Waals surface area contributed by atoms with E-state index in [0.29, 0.717) is 17.0 Å². The third-order valence-corrected chi connectivity index (χ3v) is 5.50. The van der Waals surface area contributed by atoms with E-state index in [1.165, 1.54) is 36.4 Å². The van der Waals surface area contributed by atoms with Gasteiger partial charge in [0.25, 0.3) is 15.9 Å². The van der Waals surface area contributed by atoms with E-state index in [1.54, 1.807) is 31.2 Å². The first-order valence-corrected chi connectivity index (χ1v) is 10.7. The van der Waals surface area contributed by atoms with Crippen LogP contribution in [-0.4, -0.2) is 20.0 Å². The van der Waals surface area contributed by atoms with Gasteiger partial charge in [-0.2, -0.15) is 5.10 Å². The Morgan fingerprint density at radius 3 is 2.10 bits per heavy atom. The molecule has 6 nitrogen and oxygen atoms in total. The van der Waals surface area contributed by atoms with Crippen LogP contribution in [0.1, 0.15) is 22.8 Å². The van der Waals surface area contributed by atoms with E-state index >= 15 is 0 Å². The Morgan fingerprint density at radius 2 is 1.47 bits per heavy atom. The molecule has 0 aliphatic heterocycles. The van der Waals surface area contributed by atoms with E-state index in [9.17, 15) is 13.2 Å². The average molecular weight is 420 g/mol. The second kappa shape index (κ2) is 9.67. The van der Waals surface area contributed by atoms with Crippen LogP contribution in [0.15, 0.2) is 101 Å². The van der Waals surface area contributed by atoms with Gasteiger partial charge in [-0.25, -0.2) is 13.8 Å². The van der Waals surface area contributed by atoms with Crippen LogP contribution in [0.25, 0.3) is 6.08 Å². The van der Waals surface area contributed by atoms with E-state index in [1.807, 2.05) is 36.4 Å². The molecule has 3 aromatic rings. The molecule has 3 rings (SSSR count). The van der Waals surface area contributed by atoms with Crippen LogP contribution < -0.4 is 10.1 Å². The number of hydrogen-bond donors (Lipinski definition) is 2. The van der Waals surface area contributed by atoms with Gasteiger partial charge in [0.05, 0.1) is 10.6 Å². The van der Waals surface area contributed by atoms with Crippen LogP contribution >= 0.6 is 0 Å². The summed E-state index contributed by atoms with van der Waals surface area (Å²) in [6.07, 6.45) is 3.70. The van der Waals surface area contributed by atoms with Crippen LogP contribution in [-0.2, 0) is 10.0 Å². The van der Waals surface area contributed by atoms with E-state index in [-0.39, 0.29) is 10.8 Å². The first-order valence-electron chi connectivity index (χ1n) is 9.20. The molecule has 30 heavy (non-hydrogen) atoms. The minimum Gasteiger partial charge on any atom is -0.280 e. The number of hydrogen-bond acceptors (Lipinski definition) is 4. The van der Waals surface area contributed by atoms with Gasteiger partial charge in [-0.1, -0.05) is 54.6 Å². The predicted molar refractivity (Wildman–Crippen MR) is 120 cm³/mol. The van der Waals surface area contributed by atoms with Gasteiger partial charge in [-0.05, 0) is 55.0 Å². The summed E-state index contributed by atoms with van der Waals surface area (Å²) in [5.74, 6) is -0.389. The fourth-order valence-electron chi connectivity index (χ4n) is 2.53. The summed E-state index contributed by atoms with van der Waals surface area (Å²) >= 11 is 0. The summed E-state index contributed by atoms with van der Waals surface area (Å²) in [6, 6.07) is 24.0. The fraction of sp³-hybridized carbons (Fsp3) is 0.0435. The number of carbonyl (C=O) groups is 1. The zero-order valence-corrected chi connectivity index (χ0v) is 17.1. The molecular formula is C23H21N3O3S. The Kier molecular flexibility index (Phi) is 6.77. The summed E-state index contributed by atoms with van der Waals surface area (Å²) in [4.78, 5) is 12.4. The number of nitrogens with one attached hydrogen (secondary N) is 2. The van der Waals surface area contributed by atoms with Crippen molar-refractivity contribution in [3.05, 3.63) is 102 Å². The van der Waals surface area contributed by atoms with Crippen molar-refractivity contribution in [2.75, 3.05) is 4.72 Å². The summed E-state index contributed by atoms with van der Waals surface area (Å²) in [7, 11) is -3.68. The number of rotatable bonds is 7. The topological polar surface area (TPSA) is 87.6 Å². The predicted octanol–water partition coefficient (Wildman–Crippen LogP) is 4.31. The van der Waals surface area contributed by atoms with Crippen molar-refractivity contribution in [3.8, 4) is 0 Å². The minimum absolute atomic E-state index is 0.167. The van der Waals surface area contributed by atoms with Gasteiger partial charge >= 0.3 is 0 Å². The molecule has 0 fully saturated rings. The third-order valence-electron chi connectivity index (χ3n) is 4.10. The van der Waals surface area contributed by atoms with Gasteiger partial charge in [0, 0.05) is 11.3 Å². The van der Waals surface area contributed by atoms with Crippen LogP contribution in [0.3, 0.4) is 0 Å². The second-order valence-electron chi connectivity index (χ2n) is 6.43. The lowest BCUT2D eigenvalue weighted by atomic mass is 10.2. The normalized spacial score (nSPS) is 12.0. The van der Waals surface area contributed by atoms with Crippen LogP contribution in [0.5, 0.6) is 0 Å². The number of anilines is 1. The number of benzene rings is 3. The highest BCUT2D eigenvalue weighted by Crippen LogP contribution is 2.16. The minimum atomic E-state index is -3.68. The molecule has 0 aromatic heterocycles. The maximum atomic E-state index is 12.3. The molecule has 0 heterocycles. The highest BCUT2D eigenvalue weighted by Gasteiger charge is 2.13. The van der Waals surface area contributed by atoms with Crippen LogP contribution in [0.2, 0.25) is 0 Å². The van der Waals surface area contributed by atoms with Crippen molar-refractivity contribution in [1.82, 2.24) is 5.43 Å². The second-order valence-corrected chi connectivity index (χ2v) is 8.12. The third kappa shape index (κ3) is 5.89. The zero-order chi connectivity index (χ0) is 21.4. The number of carbonyl (C=O) groups excluding carboxylic acids is 1. The highest BCUT2D eigenvalue weighted by atomic mass is 32.2.